The van der Waals surface area contributed by atoms with Crippen LogP contribution in [0.1, 0.15) is 17.3 Å². The van der Waals surface area contributed by atoms with E-state index < -0.39 is 6.04 Å². The molecule has 2 aromatic rings. The number of carbonyl (C=O) groups is 2. The number of aromatic nitrogens is 2. The molecule has 4 rings (SSSR count). The molecule has 3 heterocycles. The van der Waals surface area contributed by atoms with Gasteiger partial charge in [-0.2, -0.15) is 5.10 Å². The molecule has 1 aromatic heterocycles. The van der Waals surface area contributed by atoms with E-state index in [1.165, 1.54) is 0 Å². The molecule has 0 aliphatic carbocycles. The first-order valence-electron chi connectivity index (χ1n) is 8.06. The van der Waals surface area contributed by atoms with E-state index in [0.717, 1.165) is 11.3 Å². The van der Waals surface area contributed by atoms with Crippen LogP contribution in [0.3, 0.4) is 0 Å². The second-order valence-electron chi connectivity index (χ2n) is 6.04. The number of fused-ring (bicyclic) bond motifs is 2. The summed E-state index contributed by atoms with van der Waals surface area (Å²) >= 11 is 0. The predicted molar refractivity (Wildman–Crippen MR) is 87.0 cm³/mol. The van der Waals surface area contributed by atoms with Crippen LogP contribution in [-0.4, -0.2) is 46.9 Å². The Labute approximate surface area is 144 Å². The molecule has 0 fully saturated rings. The smallest absolute Gasteiger partial charge is 0.246 e. The molecule has 8 nitrogen and oxygen atoms in total. The third kappa shape index (κ3) is 2.79. The van der Waals surface area contributed by atoms with E-state index >= 15 is 0 Å². The summed E-state index contributed by atoms with van der Waals surface area (Å²) in [5.74, 6) is 1.15. The zero-order valence-electron chi connectivity index (χ0n) is 13.8. The Bertz CT molecular complexity index is 832. The number of nitrogens with one attached hydrogen (secondary N) is 1. The van der Waals surface area contributed by atoms with Crippen molar-refractivity contribution in [2.45, 2.75) is 19.0 Å². The predicted octanol–water partition coefficient (Wildman–Crippen LogP) is 0.484. The molecule has 0 unspecified atom stereocenters. The molecule has 1 atom stereocenters. The second-order valence-corrected chi connectivity index (χ2v) is 6.04. The van der Waals surface area contributed by atoms with Crippen LogP contribution in [-0.2, 0) is 22.6 Å². The average Bonchev–Trinajstić information content (AvgIpc) is 3.28. The number of ether oxygens (including phenoxy) is 2. The molecule has 0 radical (unpaired) electrons. The largest absolute Gasteiger partial charge is 0.454 e. The van der Waals surface area contributed by atoms with Crippen LogP contribution in [0.2, 0.25) is 0 Å². The summed E-state index contributed by atoms with van der Waals surface area (Å²) < 4.78 is 12.3. The van der Waals surface area contributed by atoms with Gasteiger partial charge in [-0.25, -0.2) is 0 Å². The van der Waals surface area contributed by atoms with E-state index in [4.69, 9.17) is 9.47 Å². The van der Waals surface area contributed by atoms with Gasteiger partial charge in [0.1, 0.15) is 6.04 Å². The minimum absolute atomic E-state index is 0.0415. The summed E-state index contributed by atoms with van der Waals surface area (Å²) in [5, 5.41) is 6.85. The van der Waals surface area contributed by atoms with Crippen molar-refractivity contribution in [3.63, 3.8) is 0 Å². The number of rotatable bonds is 3. The molecular weight excluding hydrogens is 324 g/mol. The van der Waals surface area contributed by atoms with Gasteiger partial charge in [0.25, 0.3) is 0 Å². The fraction of sp³-hybridized carbons (Fsp3) is 0.353. The molecule has 25 heavy (non-hydrogen) atoms. The minimum Gasteiger partial charge on any atom is -0.454 e. The molecule has 2 aliphatic rings. The molecule has 0 spiro atoms. The Kier molecular flexibility index (Phi) is 3.79. The van der Waals surface area contributed by atoms with Crippen molar-refractivity contribution in [1.29, 1.82) is 0 Å². The summed E-state index contributed by atoms with van der Waals surface area (Å²) in [6.45, 7) is 0.950. The van der Waals surface area contributed by atoms with Gasteiger partial charge in [-0.05, 0) is 23.8 Å². The van der Waals surface area contributed by atoms with Crippen LogP contribution in [0.15, 0.2) is 30.5 Å². The van der Waals surface area contributed by atoms with Crippen LogP contribution >= 0.6 is 0 Å². The standard InChI is InChI=1S/C17H18N4O4/c1-18-17(23)13-9-20(8-12-4-5-19-21(12)13)16(22)7-11-2-3-14-15(6-11)25-10-24-14/h2-6,13H,7-10H2,1H3,(H,18,23)/t13-/m1/s1. The topological polar surface area (TPSA) is 85.7 Å². The van der Waals surface area contributed by atoms with Gasteiger partial charge in [0.05, 0.1) is 25.2 Å². The maximum Gasteiger partial charge on any atom is 0.246 e. The summed E-state index contributed by atoms with van der Waals surface area (Å²) in [6, 6.07) is 6.81. The highest BCUT2D eigenvalue weighted by atomic mass is 16.7. The third-order valence-corrected chi connectivity index (χ3v) is 4.49. The van der Waals surface area contributed by atoms with E-state index in [1.54, 1.807) is 22.8 Å². The Morgan fingerprint density at radius 3 is 2.96 bits per heavy atom. The normalized spacial score (nSPS) is 18.0. The summed E-state index contributed by atoms with van der Waals surface area (Å²) in [6.07, 6.45) is 1.89. The van der Waals surface area contributed by atoms with Crippen LogP contribution in [0.5, 0.6) is 11.5 Å². The number of hydrogen-bond donors (Lipinski definition) is 1. The van der Waals surface area contributed by atoms with Gasteiger partial charge in [-0.15, -0.1) is 0 Å². The second kappa shape index (κ2) is 6.12. The van der Waals surface area contributed by atoms with Crippen LogP contribution < -0.4 is 14.8 Å². The highest BCUT2D eigenvalue weighted by Crippen LogP contribution is 2.33. The van der Waals surface area contributed by atoms with Gasteiger partial charge < -0.3 is 19.7 Å². The molecule has 1 aromatic carbocycles. The molecule has 0 saturated heterocycles. The van der Waals surface area contributed by atoms with Crippen molar-refractivity contribution in [3.05, 3.63) is 41.7 Å². The number of carbonyl (C=O) groups excluding carboxylic acids is 2. The zero-order valence-corrected chi connectivity index (χ0v) is 13.8. The number of likely N-dealkylation sites (N-methyl/N-ethyl adjacent to an activating group) is 1. The molecular formula is C17H18N4O4. The molecule has 0 saturated carbocycles. The SMILES string of the molecule is CNC(=O)[C@H]1CN(C(=O)Cc2ccc3c(c2)OCO3)Cc2ccnn21. The van der Waals surface area contributed by atoms with Crippen LogP contribution in [0.4, 0.5) is 0 Å². The Morgan fingerprint density at radius 2 is 2.12 bits per heavy atom. The maximum atomic E-state index is 12.7. The number of amides is 2. The highest BCUT2D eigenvalue weighted by Gasteiger charge is 2.32. The van der Waals surface area contributed by atoms with Crippen molar-refractivity contribution in [2.24, 2.45) is 0 Å². The van der Waals surface area contributed by atoms with Crippen LogP contribution in [0, 0.1) is 0 Å². The Balaban J connectivity index is 1.52. The molecule has 0 bridgehead atoms. The molecule has 2 amide bonds. The van der Waals surface area contributed by atoms with E-state index in [2.05, 4.69) is 10.4 Å². The third-order valence-electron chi connectivity index (χ3n) is 4.49. The first kappa shape index (κ1) is 15.5. The van der Waals surface area contributed by atoms with Gasteiger partial charge in [0.15, 0.2) is 11.5 Å². The van der Waals surface area contributed by atoms with Gasteiger partial charge >= 0.3 is 0 Å². The molecule has 1 N–H and O–H groups in total. The lowest BCUT2D eigenvalue weighted by Gasteiger charge is -2.33. The van der Waals surface area contributed by atoms with Gasteiger partial charge in [0, 0.05) is 13.2 Å². The van der Waals surface area contributed by atoms with Crippen molar-refractivity contribution in [1.82, 2.24) is 20.0 Å². The Morgan fingerprint density at radius 1 is 1.28 bits per heavy atom. The monoisotopic (exact) mass is 342 g/mol. The lowest BCUT2D eigenvalue weighted by molar-refractivity contribution is -0.134. The van der Waals surface area contributed by atoms with Crippen molar-refractivity contribution in [3.8, 4) is 11.5 Å². The zero-order chi connectivity index (χ0) is 17.4. The van der Waals surface area contributed by atoms with Crippen molar-refractivity contribution >= 4 is 11.8 Å². The summed E-state index contributed by atoms with van der Waals surface area (Å²) in [5.41, 5.74) is 1.70. The molecule has 8 heteroatoms. The first-order chi connectivity index (χ1) is 12.2. The Hall–Kier alpha value is -3.03. The maximum absolute atomic E-state index is 12.7. The van der Waals surface area contributed by atoms with Crippen LogP contribution in [0.25, 0.3) is 0 Å². The average molecular weight is 342 g/mol. The van der Waals surface area contributed by atoms with Gasteiger partial charge in [-0.1, -0.05) is 6.07 Å². The fourth-order valence-corrected chi connectivity index (χ4v) is 3.18. The minimum atomic E-state index is -0.510. The molecule has 2 aliphatic heterocycles. The first-order valence-corrected chi connectivity index (χ1v) is 8.06. The number of nitrogens with zero attached hydrogens (tertiary/aromatic N) is 3. The number of benzene rings is 1. The van der Waals surface area contributed by atoms with Gasteiger partial charge in [0.2, 0.25) is 18.6 Å². The van der Waals surface area contributed by atoms with Gasteiger partial charge in [-0.3, -0.25) is 14.3 Å². The fourth-order valence-electron chi connectivity index (χ4n) is 3.18. The lowest BCUT2D eigenvalue weighted by atomic mass is 10.1. The molecule has 130 valence electrons. The van der Waals surface area contributed by atoms with Crippen molar-refractivity contribution < 1.29 is 19.1 Å². The quantitative estimate of drug-likeness (QED) is 0.877. The van der Waals surface area contributed by atoms with Crippen molar-refractivity contribution in [2.75, 3.05) is 20.4 Å². The number of hydrogen-bond acceptors (Lipinski definition) is 5. The lowest BCUT2D eigenvalue weighted by Crippen LogP contribution is -2.46. The van der Waals surface area contributed by atoms with E-state index in [9.17, 15) is 9.59 Å². The van der Waals surface area contributed by atoms with E-state index in [-0.39, 0.29) is 25.0 Å². The summed E-state index contributed by atoms with van der Waals surface area (Å²) in [7, 11) is 1.58. The van der Waals surface area contributed by atoms with E-state index in [1.807, 2.05) is 24.3 Å². The van der Waals surface area contributed by atoms with E-state index in [0.29, 0.717) is 24.6 Å². The highest BCUT2D eigenvalue weighted by molar-refractivity contribution is 5.83. The summed E-state index contributed by atoms with van der Waals surface area (Å²) in [4.78, 5) is 26.6.